The predicted octanol–water partition coefficient (Wildman–Crippen LogP) is 3.45. The Morgan fingerprint density at radius 1 is 1.24 bits per heavy atom. The summed E-state index contributed by atoms with van der Waals surface area (Å²) >= 11 is 3.36. The molecule has 0 radical (unpaired) electrons. The highest BCUT2D eigenvalue weighted by atomic mass is 32.1. The molecule has 0 bridgehead atoms. The lowest BCUT2D eigenvalue weighted by Crippen LogP contribution is -2.31. The largest absolute Gasteiger partial charge is 0.348 e. The topological polar surface area (TPSA) is 67.1 Å². The van der Waals surface area contributed by atoms with E-state index in [4.69, 9.17) is 5.84 Å². The summed E-state index contributed by atoms with van der Waals surface area (Å²) in [4.78, 5) is 13.5. The van der Waals surface area contributed by atoms with Crippen molar-refractivity contribution in [1.82, 2.24) is 9.97 Å². The second kappa shape index (κ2) is 5.97. The second-order valence-corrected chi connectivity index (χ2v) is 6.88. The van der Waals surface area contributed by atoms with Gasteiger partial charge in [0.05, 0.1) is 11.9 Å². The SMILES string of the molecule is CC(C)N(Cc1cccs1)c1nc(NN)nc2sccc12. The Bertz CT molecular complexity index is 720. The van der Waals surface area contributed by atoms with Crippen molar-refractivity contribution in [2.24, 2.45) is 5.84 Å². The van der Waals surface area contributed by atoms with Crippen LogP contribution in [0.25, 0.3) is 10.2 Å². The minimum Gasteiger partial charge on any atom is -0.348 e. The number of rotatable bonds is 5. The van der Waals surface area contributed by atoms with Crippen molar-refractivity contribution in [3.8, 4) is 0 Å². The van der Waals surface area contributed by atoms with Gasteiger partial charge in [-0.15, -0.1) is 22.7 Å². The fourth-order valence-corrected chi connectivity index (χ4v) is 3.66. The Hall–Kier alpha value is -1.70. The molecule has 0 atom stereocenters. The predicted molar refractivity (Wildman–Crippen MR) is 90.9 cm³/mol. The Labute approximate surface area is 131 Å². The van der Waals surface area contributed by atoms with Gasteiger partial charge in [-0.05, 0) is 36.7 Å². The summed E-state index contributed by atoms with van der Waals surface area (Å²) in [6, 6.07) is 6.62. The summed E-state index contributed by atoms with van der Waals surface area (Å²) in [5.74, 6) is 6.89. The van der Waals surface area contributed by atoms with Gasteiger partial charge in [-0.3, -0.25) is 5.43 Å². The van der Waals surface area contributed by atoms with Crippen molar-refractivity contribution in [3.63, 3.8) is 0 Å². The highest BCUT2D eigenvalue weighted by Crippen LogP contribution is 2.31. The third-order valence-corrected chi connectivity index (χ3v) is 4.90. The van der Waals surface area contributed by atoms with Gasteiger partial charge in [-0.2, -0.15) is 4.98 Å². The molecule has 0 saturated heterocycles. The maximum Gasteiger partial charge on any atom is 0.240 e. The van der Waals surface area contributed by atoms with Crippen LogP contribution >= 0.6 is 22.7 Å². The Kier molecular flexibility index (Phi) is 4.05. The molecule has 0 spiro atoms. The molecule has 0 aliphatic rings. The van der Waals surface area contributed by atoms with Crippen molar-refractivity contribution in [2.75, 3.05) is 10.3 Å². The molecule has 0 unspecified atom stereocenters. The first-order valence-electron chi connectivity index (χ1n) is 6.70. The lowest BCUT2D eigenvalue weighted by atomic mass is 10.2. The van der Waals surface area contributed by atoms with Crippen LogP contribution in [-0.4, -0.2) is 16.0 Å². The van der Waals surface area contributed by atoms with E-state index in [2.05, 4.69) is 57.7 Å². The highest BCUT2D eigenvalue weighted by molar-refractivity contribution is 7.16. The van der Waals surface area contributed by atoms with E-state index < -0.39 is 0 Å². The van der Waals surface area contributed by atoms with Gasteiger partial charge in [0, 0.05) is 10.9 Å². The van der Waals surface area contributed by atoms with Crippen molar-refractivity contribution in [3.05, 3.63) is 33.8 Å². The first kappa shape index (κ1) is 14.2. The fraction of sp³-hybridized carbons (Fsp3) is 0.286. The number of hydrogen-bond acceptors (Lipinski definition) is 7. The standard InChI is InChI=1S/C14H17N5S2/c1-9(2)19(8-10-4-3-6-20-10)12-11-5-7-21-13(11)17-14(16-12)18-15/h3-7,9H,8,15H2,1-2H3,(H,16,17,18). The normalized spacial score (nSPS) is 11.2. The van der Waals surface area contributed by atoms with Gasteiger partial charge in [0.1, 0.15) is 10.6 Å². The molecule has 110 valence electrons. The minimum atomic E-state index is 0.329. The van der Waals surface area contributed by atoms with Crippen LogP contribution in [0, 0.1) is 0 Å². The number of nitrogens with two attached hydrogens (primary N) is 1. The molecule has 0 saturated carbocycles. The van der Waals surface area contributed by atoms with Crippen LogP contribution in [0.5, 0.6) is 0 Å². The molecule has 7 heteroatoms. The molecular formula is C14H17N5S2. The summed E-state index contributed by atoms with van der Waals surface area (Å²) < 4.78 is 0. The second-order valence-electron chi connectivity index (χ2n) is 4.96. The van der Waals surface area contributed by atoms with Crippen molar-refractivity contribution >= 4 is 44.7 Å². The monoisotopic (exact) mass is 319 g/mol. The van der Waals surface area contributed by atoms with E-state index in [1.165, 1.54) is 4.88 Å². The van der Waals surface area contributed by atoms with Gasteiger partial charge in [0.15, 0.2) is 0 Å². The van der Waals surface area contributed by atoms with Crippen LogP contribution in [0.4, 0.5) is 11.8 Å². The molecule has 3 aromatic rings. The van der Waals surface area contributed by atoms with E-state index in [0.29, 0.717) is 12.0 Å². The zero-order valence-electron chi connectivity index (χ0n) is 11.9. The molecule has 0 aromatic carbocycles. The third-order valence-electron chi connectivity index (χ3n) is 3.24. The van der Waals surface area contributed by atoms with Gasteiger partial charge < -0.3 is 4.90 Å². The molecule has 3 heterocycles. The zero-order valence-corrected chi connectivity index (χ0v) is 13.5. The van der Waals surface area contributed by atoms with Gasteiger partial charge in [-0.25, -0.2) is 10.8 Å². The summed E-state index contributed by atoms with van der Waals surface area (Å²) in [7, 11) is 0. The minimum absolute atomic E-state index is 0.329. The number of hydrogen-bond donors (Lipinski definition) is 2. The molecule has 3 rings (SSSR count). The smallest absolute Gasteiger partial charge is 0.240 e. The Morgan fingerprint density at radius 3 is 2.76 bits per heavy atom. The Morgan fingerprint density at radius 2 is 2.10 bits per heavy atom. The van der Waals surface area contributed by atoms with Gasteiger partial charge in [0.25, 0.3) is 0 Å². The number of thiophene rings is 2. The third kappa shape index (κ3) is 2.85. The number of anilines is 2. The highest BCUT2D eigenvalue weighted by Gasteiger charge is 2.18. The molecule has 0 fully saturated rings. The van der Waals surface area contributed by atoms with Gasteiger partial charge in [-0.1, -0.05) is 6.07 Å². The molecule has 5 nitrogen and oxygen atoms in total. The van der Waals surface area contributed by atoms with Gasteiger partial charge >= 0.3 is 0 Å². The average molecular weight is 319 g/mol. The zero-order chi connectivity index (χ0) is 14.8. The molecule has 0 amide bonds. The summed E-state index contributed by atoms with van der Waals surface area (Å²) in [5.41, 5.74) is 2.56. The first-order valence-corrected chi connectivity index (χ1v) is 8.46. The van der Waals surface area contributed by atoms with Crippen molar-refractivity contribution < 1.29 is 0 Å². The van der Waals surface area contributed by atoms with Crippen LogP contribution in [0.2, 0.25) is 0 Å². The number of nitrogen functional groups attached to an aromatic ring is 1. The van der Waals surface area contributed by atoms with E-state index in [1.807, 2.05) is 5.38 Å². The van der Waals surface area contributed by atoms with Crippen molar-refractivity contribution in [2.45, 2.75) is 26.4 Å². The van der Waals surface area contributed by atoms with Gasteiger partial charge in [0.2, 0.25) is 5.95 Å². The first-order chi connectivity index (χ1) is 10.2. The fourth-order valence-electron chi connectivity index (χ4n) is 2.20. The molecule has 0 aliphatic carbocycles. The average Bonchev–Trinajstić information content (AvgIpc) is 3.14. The van der Waals surface area contributed by atoms with Crippen LogP contribution in [0.15, 0.2) is 29.0 Å². The number of fused-ring (bicyclic) bond motifs is 1. The maximum absolute atomic E-state index is 5.50. The molecule has 3 N–H and O–H groups in total. The molecular weight excluding hydrogens is 302 g/mol. The summed E-state index contributed by atoms with van der Waals surface area (Å²) in [5, 5.41) is 5.21. The van der Waals surface area contributed by atoms with E-state index in [1.54, 1.807) is 22.7 Å². The number of aromatic nitrogens is 2. The van der Waals surface area contributed by atoms with Crippen LogP contribution in [0.3, 0.4) is 0 Å². The van der Waals surface area contributed by atoms with E-state index in [0.717, 1.165) is 22.6 Å². The van der Waals surface area contributed by atoms with Crippen LogP contribution < -0.4 is 16.2 Å². The van der Waals surface area contributed by atoms with E-state index in [-0.39, 0.29) is 0 Å². The maximum atomic E-state index is 5.50. The van der Waals surface area contributed by atoms with E-state index >= 15 is 0 Å². The molecule has 3 aromatic heterocycles. The molecule has 0 aliphatic heterocycles. The molecule has 21 heavy (non-hydrogen) atoms. The van der Waals surface area contributed by atoms with Crippen LogP contribution in [0.1, 0.15) is 18.7 Å². The van der Waals surface area contributed by atoms with Crippen molar-refractivity contribution in [1.29, 1.82) is 0 Å². The lowest BCUT2D eigenvalue weighted by Gasteiger charge is -2.28. The number of nitrogens with one attached hydrogen (secondary N) is 1. The summed E-state index contributed by atoms with van der Waals surface area (Å²) in [6.45, 7) is 5.17. The van der Waals surface area contributed by atoms with E-state index in [9.17, 15) is 0 Å². The number of hydrazine groups is 1. The lowest BCUT2D eigenvalue weighted by molar-refractivity contribution is 0.680. The quantitative estimate of drug-likeness (QED) is 0.557. The Balaban J connectivity index is 2.07. The van der Waals surface area contributed by atoms with Crippen LogP contribution in [-0.2, 0) is 6.54 Å². The summed E-state index contributed by atoms with van der Waals surface area (Å²) in [6.07, 6.45) is 0. The number of nitrogens with zero attached hydrogens (tertiary/aromatic N) is 3.